The van der Waals surface area contributed by atoms with E-state index in [1.54, 1.807) is 0 Å². The fraction of sp³-hybridized carbons (Fsp3) is 0.381. The van der Waals surface area contributed by atoms with Crippen LogP contribution in [0, 0.1) is 13.8 Å². The zero-order valence-corrected chi connectivity index (χ0v) is 16.8. The molecule has 0 saturated carbocycles. The van der Waals surface area contributed by atoms with Gasteiger partial charge in [0.1, 0.15) is 5.75 Å². The van der Waals surface area contributed by atoms with Gasteiger partial charge in [0.05, 0.1) is 0 Å². The third-order valence-electron chi connectivity index (χ3n) is 4.42. The van der Waals surface area contributed by atoms with Gasteiger partial charge in [-0.05, 0) is 54.2 Å². The largest absolute Gasteiger partial charge is 0.507 e. The van der Waals surface area contributed by atoms with E-state index in [0.29, 0.717) is 14.3 Å². The zero-order valence-electron chi connectivity index (χ0n) is 15.8. The van der Waals surface area contributed by atoms with Crippen LogP contribution in [0.3, 0.4) is 0 Å². The molecule has 0 fully saturated rings. The number of benzene rings is 2. The molecule has 0 heterocycles. The van der Waals surface area contributed by atoms with E-state index in [2.05, 4.69) is 63.0 Å². The van der Waals surface area contributed by atoms with Gasteiger partial charge in [0, 0.05) is 23.6 Å². The molecule has 1 unspecified atom stereocenters. The number of hydrogen-bond donors (Lipinski definition) is 1. The third kappa shape index (κ3) is 3.87. The SMILES string of the molecule is CN=C(C)c1cccc(C)c1Pc1cc(C(C)(C)C)cc(C)c1O. The Labute approximate surface area is 147 Å². The van der Waals surface area contributed by atoms with Gasteiger partial charge < -0.3 is 5.11 Å². The van der Waals surface area contributed by atoms with E-state index in [0.717, 1.165) is 16.6 Å². The van der Waals surface area contributed by atoms with Crippen molar-refractivity contribution in [1.29, 1.82) is 0 Å². The predicted octanol–water partition coefficient (Wildman–Crippen LogP) is 4.37. The lowest BCUT2D eigenvalue weighted by Crippen LogP contribution is -2.19. The maximum absolute atomic E-state index is 10.6. The molecule has 24 heavy (non-hydrogen) atoms. The minimum atomic E-state index is 0.0625. The van der Waals surface area contributed by atoms with Crippen molar-refractivity contribution in [3.8, 4) is 5.75 Å². The van der Waals surface area contributed by atoms with Crippen LogP contribution in [0.25, 0.3) is 0 Å². The van der Waals surface area contributed by atoms with E-state index in [-0.39, 0.29) is 5.41 Å². The topological polar surface area (TPSA) is 32.6 Å². The van der Waals surface area contributed by atoms with Gasteiger partial charge in [0.25, 0.3) is 0 Å². The van der Waals surface area contributed by atoms with E-state index < -0.39 is 0 Å². The van der Waals surface area contributed by atoms with Crippen molar-refractivity contribution in [1.82, 2.24) is 0 Å². The van der Waals surface area contributed by atoms with Crippen molar-refractivity contribution in [2.75, 3.05) is 7.05 Å². The fourth-order valence-corrected chi connectivity index (χ4v) is 4.19. The van der Waals surface area contributed by atoms with Gasteiger partial charge in [-0.25, -0.2) is 0 Å². The number of phenolic OH excluding ortho intramolecular Hbond substituents is 1. The highest BCUT2D eigenvalue weighted by molar-refractivity contribution is 7.56. The maximum atomic E-state index is 10.6. The van der Waals surface area contributed by atoms with Crippen molar-refractivity contribution < 1.29 is 5.11 Å². The minimum Gasteiger partial charge on any atom is -0.507 e. The lowest BCUT2D eigenvalue weighted by atomic mass is 9.86. The summed E-state index contributed by atoms with van der Waals surface area (Å²) in [7, 11) is 2.24. The van der Waals surface area contributed by atoms with Gasteiger partial charge in [-0.2, -0.15) is 0 Å². The Bertz CT molecular complexity index is 785. The predicted molar refractivity (Wildman–Crippen MR) is 108 cm³/mol. The van der Waals surface area contributed by atoms with Crippen LogP contribution >= 0.6 is 8.58 Å². The minimum absolute atomic E-state index is 0.0625. The van der Waals surface area contributed by atoms with Crippen LogP contribution in [0.4, 0.5) is 0 Å². The zero-order chi connectivity index (χ0) is 18.1. The Morgan fingerprint density at radius 1 is 1.08 bits per heavy atom. The quantitative estimate of drug-likeness (QED) is 0.652. The molecule has 0 radical (unpaired) electrons. The molecule has 2 rings (SSSR count). The number of rotatable bonds is 3. The van der Waals surface area contributed by atoms with E-state index in [4.69, 9.17) is 0 Å². The van der Waals surface area contributed by atoms with Crippen molar-refractivity contribution in [2.45, 2.75) is 47.0 Å². The van der Waals surface area contributed by atoms with Gasteiger partial charge in [-0.1, -0.05) is 53.6 Å². The van der Waals surface area contributed by atoms with E-state index in [1.807, 2.05) is 20.9 Å². The molecular formula is C21H28NOP. The van der Waals surface area contributed by atoms with Gasteiger partial charge in [0.2, 0.25) is 0 Å². The standard InChI is InChI=1S/C21H28NOP/c1-13-9-8-10-17(15(3)22-7)20(13)24-18-12-16(21(4,5)6)11-14(2)19(18)23/h8-12,23-24H,1-7H3. The van der Waals surface area contributed by atoms with Crippen molar-refractivity contribution >= 4 is 24.9 Å². The molecule has 2 aromatic carbocycles. The summed E-state index contributed by atoms with van der Waals surface area (Å²) in [5.41, 5.74) is 5.72. The first-order valence-electron chi connectivity index (χ1n) is 8.29. The molecule has 0 saturated heterocycles. The van der Waals surface area contributed by atoms with Crippen LogP contribution in [0.15, 0.2) is 35.3 Å². The summed E-state index contributed by atoms with van der Waals surface area (Å²) in [6.07, 6.45) is 0. The monoisotopic (exact) mass is 341 g/mol. The summed E-state index contributed by atoms with van der Waals surface area (Å²) < 4.78 is 0. The van der Waals surface area contributed by atoms with Crippen LogP contribution in [-0.4, -0.2) is 17.9 Å². The van der Waals surface area contributed by atoms with Crippen molar-refractivity contribution in [3.05, 3.63) is 52.6 Å². The summed E-state index contributed by atoms with van der Waals surface area (Å²) in [6.45, 7) is 12.8. The first kappa shape index (κ1) is 18.7. The normalized spacial score (nSPS) is 13.0. The second-order valence-electron chi connectivity index (χ2n) is 7.37. The molecule has 0 aliphatic heterocycles. The molecule has 0 bridgehead atoms. The summed E-state index contributed by atoms with van der Waals surface area (Å²) in [5, 5.41) is 12.9. The summed E-state index contributed by atoms with van der Waals surface area (Å²) in [6, 6.07) is 10.6. The Balaban J connectivity index is 2.59. The molecule has 0 aromatic heterocycles. The summed E-state index contributed by atoms with van der Waals surface area (Å²) in [5.74, 6) is 0.418. The number of aryl methyl sites for hydroxylation is 2. The van der Waals surface area contributed by atoms with E-state index in [9.17, 15) is 5.11 Å². The van der Waals surface area contributed by atoms with Crippen LogP contribution < -0.4 is 10.6 Å². The van der Waals surface area contributed by atoms with Crippen molar-refractivity contribution in [3.63, 3.8) is 0 Å². The number of aromatic hydroxyl groups is 1. The van der Waals surface area contributed by atoms with Gasteiger partial charge in [0.15, 0.2) is 0 Å². The van der Waals surface area contributed by atoms with E-state index >= 15 is 0 Å². The number of hydrogen-bond acceptors (Lipinski definition) is 2. The van der Waals surface area contributed by atoms with Gasteiger partial charge >= 0.3 is 0 Å². The molecule has 3 heteroatoms. The van der Waals surface area contributed by atoms with Crippen molar-refractivity contribution in [2.24, 2.45) is 4.99 Å². The smallest absolute Gasteiger partial charge is 0.126 e. The first-order valence-corrected chi connectivity index (χ1v) is 9.29. The average molecular weight is 341 g/mol. The Hall–Kier alpha value is -1.66. The molecule has 128 valence electrons. The first-order chi connectivity index (χ1) is 11.1. The Morgan fingerprint density at radius 3 is 2.33 bits per heavy atom. The summed E-state index contributed by atoms with van der Waals surface area (Å²) in [4.78, 5) is 4.36. The second kappa shape index (κ2) is 7.07. The molecule has 0 spiro atoms. The van der Waals surface area contributed by atoms with Crippen LogP contribution in [0.5, 0.6) is 5.75 Å². The lowest BCUT2D eigenvalue weighted by molar-refractivity contribution is 0.474. The highest BCUT2D eigenvalue weighted by Gasteiger charge is 2.19. The number of aliphatic imine (C=N–C) groups is 1. The van der Waals surface area contributed by atoms with Crippen LogP contribution in [0.1, 0.15) is 49.9 Å². The molecule has 2 nitrogen and oxygen atoms in total. The summed E-state index contributed by atoms with van der Waals surface area (Å²) >= 11 is 0. The molecule has 0 aliphatic rings. The number of nitrogens with zero attached hydrogens (tertiary/aromatic N) is 1. The van der Waals surface area contributed by atoms with Crippen LogP contribution in [-0.2, 0) is 5.41 Å². The fourth-order valence-electron chi connectivity index (χ4n) is 2.70. The molecule has 1 atom stereocenters. The molecular weight excluding hydrogens is 313 g/mol. The molecule has 0 amide bonds. The maximum Gasteiger partial charge on any atom is 0.126 e. The third-order valence-corrected chi connectivity index (χ3v) is 5.99. The van der Waals surface area contributed by atoms with Gasteiger partial charge in [-0.15, -0.1) is 0 Å². The second-order valence-corrected chi connectivity index (χ2v) is 8.66. The van der Waals surface area contributed by atoms with Gasteiger partial charge in [-0.3, -0.25) is 4.99 Å². The Morgan fingerprint density at radius 2 is 1.75 bits per heavy atom. The van der Waals surface area contributed by atoms with E-state index in [1.165, 1.54) is 22.0 Å². The molecule has 2 aromatic rings. The number of phenols is 1. The lowest BCUT2D eigenvalue weighted by Gasteiger charge is -2.22. The molecule has 1 N–H and O–H groups in total. The average Bonchev–Trinajstić information content (AvgIpc) is 2.51. The highest BCUT2D eigenvalue weighted by atomic mass is 31.1. The Kier molecular flexibility index (Phi) is 5.50. The molecule has 0 aliphatic carbocycles. The highest BCUT2D eigenvalue weighted by Crippen LogP contribution is 2.30. The van der Waals surface area contributed by atoms with Crippen LogP contribution in [0.2, 0.25) is 0 Å².